The van der Waals surface area contributed by atoms with Gasteiger partial charge < -0.3 is 14.4 Å². The molecule has 0 unspecified atom stereocenters. The molecule has 0 aliphatic rings. The van der Waals surface area contributed by atoms with Crippen molar-refractivity contribution in [3.05, 3.63) is 53.6 Å². The molecule has 0 aliphatic carbocycles. The smallest absolute Gasteiger partial charge is 0.341 e. The third kappa shape index (κ3) is 4.08. The van der Waals surface area contributed by atoms with Crippen LogP contribution in [-0.4, -0.2) is 53.3 Å². The zero-order chi connectivity index (χ0) is 21.0. The van der Waals surface area contributed by atoms with Crippen molar-refractivity contribution in [2.24, 2.45) is 0 Å². The number of rotatable bonds is 7. The third-order valence-corrected chi connectivity index (χ3v) is 4.49. The highest BCUT2D eigenvalue weighted by atomic mass is 16.5. The number of aromatic nitrogens is 3. The minimum absolute atomic E-state index is 0.296. The summed E-state index contributed by atoms with van der Waals surface area (Å²) in [6, 6.07) is 7.81. The molecule has 3 aromatic rings. The van der Waals surface area contributed by atoms with Gasteiger partial charge in [-0.3, -0.25) is 0 Å². The number of hydrogen-bond acceptors (Lipinski definition) is 6. The monoisotopic (exact) mass is 394 g/mol. The first-order valence-electron chi connectivity index (χ1n) is 9.56. The Labute approximate surface area is 170 Å². The highest BCUT2D eigenvalue weighted by molar-refractivity contribution is 5.94. The van der Waals surface area contributed by atoms with Crippen molar-refractivity contribution in [1.82, 2.24) is 19.5 Å². The summed E-state index contributed by atoms with van der Waals surface area (Å²) in [4.78, 5) is 19.0. The number of esters is 1. The maximum Gasteiger partial charge on any atom is 0.341 e. The van der Waals surface area contributed by atoms with Crippen molar-refractivity contribution in [3.8, 4) is 16.9 Å². The van der Waals surface area contributed by atoms with Crippen LogP contribution in [0.3, 0.4) is 0 Å². The zero-order valence-electron chi connectivity index (χ0n) is 17.5. The first-order chi connectivity index (χ1) is 14.0. The second-order valence-electron chi connectivity index (χ2n) is 6.70. The van der Waals surface area contributed by atoms with E-state index >= 15 is 0 Å². The third-order valence-electron chi connectivity index (χ3n) is 4.49. The standard InChI is InChI=1S/C22H26N4O3/c1-6-18-20(15-8-10-16(28-5)11-9-15)21-23-14-17(22(27)29-7-2)19(26(21)24-18)12-13-25(3)4/h8-14H,6-7H2,1-5H3/b13-12+. The molecule has 0 saturated carbocycles. The van der Waals surface area contributed by atoms with Crippen LogP contribution in [0.25, 0.3) is 22.9 Å². The second-order valence-corrected chi connectivity index (χ2v) is 6.70. The molecule has 0 fully saturated rings. The number of ether oxygens (including phenoxy) is 2. The van der Waals surface area contributed by atoms with Gasteiger partial charge >= 0.3 is 5.97 Å². The minimum Gasteiger partial charge on any atom is -0.497 e. The van der Waals surface area contributed by atoms with Gasteiger partial charge in [0, 0.05) is 32.1 Å². The molecule has 0 atom stereocenters. The van der Waals surface area contributed by atoms with Crippen molar-refractivity contribution >= 4 is 17.7 Å². The molecule has 0 aliphatic heterocycles. The molecule has 29 heavy (non-hydrogen) atoms. The predicted octanol–water partition coefficient (Wildman–Crippen LogP) is 3.68. The molecular weight excluding hydrogens is 368 g/mol. The van der Waals surface area contributed by atoms with Crippen LogP contribution in [0.5, 0.6) is 5.75 Å². The first-order valence-corrected chi connectivity index (χ1v) is 9.56. The summed E-state index contributed by atoms with van der Waals surface area (Å²) in [5.41, 5.74) is 4.56. The summed E-state index contributed by atoms with van der Waals surface area (Å²) >= 11 is 0. The molecule has 2 heterocycles. The van der Waals surface area contributed by atoms with E-state index in [1.54, 1.807) is 24.7 Å². The first kappa shape index (κ1) is 20.4. The molecule has 0 saturated heterocycles. The van der Waals surface area contributed by atoms with Crippen LogP contribution >= 0.6 is 0 Å². The zero-order valence-corrected chi connectivity index (χ0v) is 17.5. The van der Waals surface area contributed by atoms with Gasteiger partial charge in [0.05, 0.1) is 25.1 Å². The Hall–Kier alpha value is -3.35. The van der Waals surface area contributed by atoms with Gasteiger partial charge in [-0.25, -0.2) is 14.3 Å². The number of aryl methyl sites for hydroxylation is 1. The Morgan fingerprint density at radius 3 is 2.52 bits per heavy atom. The van der Waals surface area contributed by atoms with E-state index in [1.165, 1.54) is 0 Å². The fraction of sp³-hybridized carbons (Fsp3) is 0.318. The average molecular weight is 394 g/mol. The highest BCUT2D eigenvalue weighted by Gasteiger charge is 2.21. The maximum absolute atomic E-state index is 12.5. The van der Waals surface area contributed by atoms with Crippen LogP contribution in [0, 0.1) is 0 Å². The molecule has 0 N–H and O–H groups in total. The van der Waals surface area contributed by atoms with Crippen molar-refractivity contribution < 1.29 is 14.3 Å². The van der Waals surface area contributed by atoms with Crippen LogP contribution in [0.2, 0.25) is 0 Å². The van der Waals surface area contributed by atoms with Gasteiger partial charge in [0.15, 0.2) is 5.65 Å². The van der Waals surface area contributed by atoms with Crippen LogP contribution in [0.4, 0.5) is 0 Å². The summed E-state index contributed by atoms with van der Waals surface area (Å²) in [6.07, 6.45) is 6.02. The van der Waals surface area contributed by atoms with Gasteiger partial charge in [-0.1, -0.05) is 19.1 Å². The van der Waals surface area contributed by atoms with Crippen molar-refractivity contribution in [2.75, 3.05) is 27.8 Å². The van der Waals surface area contributed by atoms with Gasteiger partial charge in [-0.2, -0.15) is 5.10 Å². The second kappa shape index (κ2) is 8.77. The number of methoxy groups -OCH3 is 1. The highest BCUT2D eigenvalue weighted by Crippen LogP contribution is 2.31. The van der Waals surface area contributed by atoms with Crippen molar-refractivity contribution in [2.45, 2.75) is 20.3 Å². The van der Waals surface area contributed by atoms with Crippen molar-refractivity contribution in [1.29, 1.82) is 0 Å². The van der Waals surface area contributed by atoms with E-state index < -0.39 is 5.97 Å². The predicted molar refractivity (Wildman–Crippen MR) is 113 cm³/mol. The SMILES string of the molecule is CCOC(=O)c1cnc2c(-c3ccc(OC)cc3)c(CC)nn2c1/C=C/N(C)C. The van der Waals surface area contributed by atoms with E-state index in [1.807, 2.05) is 55.5 Å². The lowest BCUT2D eigenvalue weighted by molar-refractivity contribution is 0.0525. The number of fused-ring (bicyclic) bond motifs is 1. The van der Waals surface area contributed by atoms with Gasteiger partial charge in [0.25, 0.3) is 0 Å². The number of benzene rings is 1. The number of carbonyl (C=O) groups is 1. The summed E-state index contributed by atoms with van der Waals surface area (Å²) in [7, 11) is 5.48. The largest absolute Gasteiger partial charge is 0.497 e. The Morgan fingerprint density at radius 2 is 1.93 bits per heavy atom. The minimum atomic E-state index is -0.417. The molecule has 7 heteroatoms. The van der Waals surface area contributed by atoms with Crippen LogP contribution in [-0.2, 0) is 11.2 Å². The van der Waals surface area contributed by atoms with Gasteiger partial charge in [-0.15, -0.1) is 0 Å². The lowest BCUT2D eigenvalue weighted by Gasteiger charge is -2.09. The molecule has 0 bridgehead atoms. The molecular formula is C22H26N4O3. The fourth-order valence-corrected chi connectivity index (χ4v) is 3.09. The van der Waals surface area contributed by atoms with E-state index in [-0.39, 0.29) is 0 Å². The number of hydrogen-bond donors (Lipinski definition) is 0. The average Bonchev–Trinajstić information content (AvgIpc) is 3.10. The Morgan fingerprint density at radius 1 is 1.21 bits per heavy atom. The quantitative estimate of drug-likeness (QED) is 0.570. The van der Waals surface area contributed by atoms with Gasteiger partial charge in [0.2, 0.25) is 0 Å². The van der Waals surface area contributed by atoms with Crippen LogP contribution in [0.1, 0.15) is 35.6 Å². The van der Waals surface area contributed by atoms with E-state index in [4.69, 9.17) is 14.6 Å². The number of nitrogens with zero attached hydrogens (tertiary/aromatic N) is 4. The van der Waals surface area contributed by atoms with E-state index in [0.717, 1.165) is 29.0 Å². The van der Waals surface area contributed by atoms with E-state index in [0.29, 0.717) is 23.5 Å². The topological polar surface area (TPSA) is 69.0 Å². The molecule has 0 amide bonds. The lowest BCUT2D eigenvalue weighted by Crippen LogP contribution is -2.12. The summed E-state index contributed by atoms with van der Waals surface area (Å²) in [5, 5.41) is 4.78. The van der Waals surface area contributed by atoms with E-state index in [2.05, 4.69) is 11.9 Å². The molecule has 0 radical (unpaired) electrons. The molecule has 2 aromatic heterocycles. The summed E-state index contributed by atoms with van der Waals surface area (Å²) in [5.74, 6) is 0.371. The Kier molecular flexibility index (Phi) is 6.16. The fourth-order valence-electron chi connectivity index (χ4n) is 3.09. The molecule has 7 nitrogen and oxygen atoms in total. The van der Waals surface area contributed by atoms with Crippen LogP contribution < -0.4 is 4.74 Å². The van der Waals surface area contributed by atoms with Gasteiger partial charge in [0.1, 0.15) is 11.3 Å². The lowest BCUT2D eigenvalue weighted by atomic mass is 10.0. The maximum atomic E-state index is 12.5. The Balaban J connectivity index is 2.26. The van der Waals surface area contributed by atoms with E-state index in [9.17, 15) is 4.79 Å². The molecule has 1 aromatic carbocycles. The molecule has 0 spiro atoms. The number of carbonyl (C=O) groups excluding carboxylic acids is 1. The Bertz CT molecular complexity index is 1040. The van der Waals surface area contributed by atoms with Gasteiger partial charge in [-0.05, 0) is 37.1 Å². The summed E-state index contributed by atoms with van der Waals surface area (Å²) in [6.45, 7) is 4.13. The molecule has 152 valence electrons. The van der Waals surface area contributed by atoms with Crippen LogP contribution in [0.15, 0.2) is 36.7 Å². The summed E-state index contributed by atoms with van der Waals surface area (Å²) < 4.78 is 12.2. The molecule has 3 rings (SSSR count). The normalized spacial score (nSPS) is 11.2. The van der Waals surface area contributed by atoms with Crippen molar-refractivity contribution in [3.63, 3.8) is 0 Å².